The fraction of sp³-hybridized carbons (Fsp3) is 0.462. The van der Waals surface area contributed by atoms with Gasteiger partial charge in [-0.1, -0.05) is 30.3 Å². The van der Waals surface area contributed by atoms with Crippen LogP contribution in [-0.4, -0.2) is 19.3 Å². The monoisotopic (exact) mass is 217 g/mol. The summed E-state index contributed by atoms with van der Waals surface area (Å²) < 4.78 is 11.0. The number of nitriles is 1. The Labute approximate surface area is 95.6 Å². The molecule has 1 saturated heterocycles. The second-order valence-corrected chi connectivity index (χ2v) is 3.93. The summed E-state index contributed by atoms with van der Waals surface area (Å²) in [7, 11) is 0. The van der Waals surface area contributed by atoms with Gasteiger partial charge in [0.2, 0.25) is 0 Å². The van der Waals surface area contributed by atoms with Crippen LogP contribution in [0.4, 0.5) is 0 Å². The lowest BCUT2D eigenvalue weighted by molar-refractivity contribution is 0.00231. The number of hydrogen-bond acceptors (Lipinski definition) is 3. The van der Waals surface area contributed by atoms with Gasteiger partial charge in [0.25, 0.3) is 0 Å². The lowest BCUT2D eigenvalue weighted by Crippen LogP contribution is -2.21. The molecule has 0 N–H and O–H groups in total. The van der Waals surface area contributed by atoms with Crippen molar-refractivity contribution in [2.45, 2.75) is 19.1 Å². The van der Waals surface area contributed by atoms with E-state index in [1.165, 1.54) is 0 Å². The summed E-state index contributed by atoms with van der Waals surface area (Å²) in [6.45, 7) is 1.77. The van der Waals surface area contributed by atoms with E-state index in [-0.39, 0.29) is 12.0 Å². The average molecular weight is 217 g/mol. The molecule has 1 fully saturated rings. The highest BCUT2D eigenvalue weighted by molar-refractivity contribution is 5.13. The molecule has 0 radical (unpaired) electrons. The molecule has 1 aliphatic rings. The molecule has 1 aromatic rings. The Hall–Kier alpha value is -1.37. The highest BCUT2D eigenvalue weighted by atomic mass is 16.5. The Balaban J connectivity index is 1.74. The number of nitrogens with zero attached hydrogens (tertiary/aromatic N) is 1. The number of hydrogen-bond donors (Lipinski definition) is 0. The third-order valence-electron chi connectivity index (χ3n) is 2.77. The van der Waals surface area contributed by atoms with Crippen molar-refractivity contribution in [3.8, 4) is 6.07 Å². The minimum atomic E-state index is -0.0475. The minimum Gasteiger partial charge on any atom is -0.374 e. The lowest BCUT2D eigenvalue weighted by atomic mass is 10.0. The van der Waals surface area contributed by atoms with Gasteiger partial charge in [-0.3, -0.25) is 0 Å². The highest BCUT2D eigenvalue weighted by Gasteiger charge is 2.27. The maximum atomic E-state index is 8.87. The van der Waals surface area contributed by atoms with E-state index in [4.69, 9.17) is 14.7 Å². The molecular formula is C13H15NO2. The lowest BCUT2D eigenvalue weighted by Gasteiger charge is -2.12. The van der Waals surface area contributed by atoms with Crippen LogP contribution < -0.4 is 0 Å². The summed E-state index contributed by atoms with van der Waals surface area (Å²) >= 11 is 0. The molecule has 1 heterocycles. The van der Waals surface area contributed by atoms with Crippen LogP contribution in [0, 0.1) is 17.2 Å². The molecule has 1 aliphatic heterocycles. The molecule has 2 rings (SSSR count). The molecule has 3 nitrogen and oxygen atoms in total. The van der Waals surface area contributed by atoms with Crippen molar-refractivity contribution in [3.63, 3.8) is 0 Å². The van der Waals surface area contributed by atoms with E-state index < -0.39 is 0 Å². The van der Waals surface area contributed by atoms with Crippen molar-refractivity contribution >= 4 is 0 Å². The van der Waals surface area contributed by atoms with Crippen LogP contribution in [0.3, 0.4) is 0 Å². The summed E-state index contributed by atoms with van der Waals surface area (Å²) in [6.07, 6.45) is 0.782. The van der Waals surface area contributed by atoms with E-state index in [1.807, 2.05) is 30.3 Å². The summed E-state index contributed by atoms with van der Waals surface area (Å²) in [5.41, 5.74) is 1.15. The molecule has 2 unspecified atom stereocenters. The standard InChI is InChI=1S/C13H15NO2/c14-8-12-6-7-16-13(12)10-15-9-11-4-2-1-3-5-11/h1-5,12-13H,6-7,9-10H2. The Bertz CT molecular complexity index is 358. The molecule has 16 heavy (non-hydrogen) atoms. The van der Waals surface area contributed by atoms with Crippen molar-refractivity contribution in [1.29, 1.82) is 5.26 Å². The van der Waals surface area contributed by atoms with Gasteiger partial charge in [-0.2, -0.15) is 5.26 Å². The van der Waals surface area contributed by atoms with Crippen LogP contribution in [0.25, 0.3) is 0 Å². The average Bonchev–Trinajstić information content (AvgIpc) is 2.78. The smallest absolute Gasteiger partial charge is 0.0967 e. The van der Waals surface area contributed by atoms with Crippen molar-refractivity contribution < 1.29 is 9.47 Å². The second-order valence-electron chi connectivity index (χ2n) is 3.93. The van der Waals surface area contributed by atoms with Crippen LogP contribution in [0.5, 0.6) is 0 Å². The maximum absolute atomic E-state index is 8.87. The Morgan fingerprint density at radius 2 is 2.19 bits per heavy atom. The van der Waals surface area contributed by atoms with E-state index in [2.05, 4.69) is 6.07 Å². The van der Waals surface area contributed by atoms with E-state index >= 15 is 0 Å². The van der Waals surface area contributed by atoms with Gasteiger partial charge in [0.05, 0.1) is 31.3 Å². The maximum Gasteiger partial charge on any atom is 0.0967 e. The normalized spacial score (nSPS) is 24.2. The topological polar surface area (TPSA) is 42.2 Å². The summed E-state index contributed by atoms with van der Waals surface area (Å²) in [6, 6.07) is 12.3. The molecule has 2 atom stereocenters. The molecule has 84 valence electrons. The van der Waals surface area contributed by atoms with Gasteiger partial charge in [0.15, 0.2) is 0 Å². The van der Waals surface area contributed by atoms with Crippen molar-refractivity contribution in [3.05, 3.63) is 35.9 Å². The molecule has 0 spiro atoms. The Morgan fingerprint density at radius 1 is 1.38 bits per heavy atom. The quantitative estimate of drug-likeness (QED) is 0.775. The first-order valence-electron chi connectivity index (χ1n) is 5.53. The molecule has 0 saturated carbocycles. The fourth-order valence-corrected chi connectivity index (χ4v) is 1.83. The first-order valence-corrected chi connectivity index (χ1v) is 5.53. The van der Waals surface area contributed by atoms with Gasteiger partial charge in [-0.25, -0.2) is 0 Å². The predicted molar refractivity (Wildman–Crippen MR) is 59.6 cm³/mol. The van der Waals surface area contributed by atoms with Gasteiger partial charge in [-0.05, 0) is 12.0 Å². The molecule has 0 amide bonds. The van der Waals surface area contributed by atoms with E-state index in [0.29, 0.717) is 19.8 Å². The van der Waals surface area contributed by atoms with Gasteiger partial charge >= 0.3 is 0 Å². The first-order chi connectivity index (χ1) is 7.90. The molecule has 3 heteroatoms. The summed E-state index contributed by atoms with van der Waals surface area (Å²) in [5, 5.41) is 8.87. The number of rotatable bonds is 4. The van der Waals surface area contributed by atoms with Gasteiger partial charge in [0.1, 0.15) is 0 Å². The van der Waals surface area contributed by atoms with Crippen LogP contribution in [0.1, 0.15) is 12.0 Å². The molecular weight excluding hydrogens is 202 g/mol. The third-order valence-corrected chi connectivity index (χ3v) is 2.77. The second kappa shape index (κ2) is 5.64. The zero-order valence-electron chi connectivity index (χ0n) is 9.13. The Kier molecular flexibility index (Phi) is 3.92. The van der Waals surface area contributed by atoms with Crippen LogP contribution >= 0.6 is 0 Å². The van der Waals surface area contributed by atoms with Gasteiger partial charge < -0.3 is 9.47 Å². The van der Waals surface area contributed by atoms with Crippen LogP contribution in [0.15, 0.2) is 30.3 Å². The zero-order chi connectivity index (χ0) is 11.2. The molecule has 1 aromatic carbocycles. The summed E-state index contributed by atoms with van der Waals surface area (Å²) in [5.74, 6) is -0.00391. The molecule has 0 aliphatic carbocycles. The van der Waals surface area contributed by atoms with Crippen LogP contribution in [-0.2, 0) is 16.1 Å². The van der Waals surface area contributed by atoms with Crippen LogP contribution in [0.2, 0.25) is 0 Å². The largest absolute Gasteiger partial charge is 0.374 e. The predicted octanol–water partition coefficient (Wildman–Crippen LogP) is 2.13. The first kappa shape index (κ1) is 11.1. The zero-order valence-corrected chi connectivity index (χ0v) is 9.13. The minimum absolute atomic E-state index is 0.00391. The van der Waals surface area contributed by atoms with Gasteiger partial charge in [0, 0.05) is 6.61 Å². The highest BCUT2D eigenvalue weighted by Crippen LogP contribution is 2.20. The SMILES string of the molecule is N#CC1CCOC1COCc1ccccc1. The van der Waals surface area contributed by atoms with Gasteiger partial charge in [-0.15, -0.1) is 0 Å². The van der Waals surface area contributed by atoms with E-state index in [9.17, 15) is 0 Å². The van der Waals surface area contributed by atoms with Crippen molar-refractivity contribution in [1.82, 2.24) is 0 Å². The molecule has 0 aromatic heterocycles. The van der Waals surface area contributed by atoms with Crippen molar-refractivity contribution in [2.75, 3.05) is 13.2 Å². The van der Waals surface area contributed by atoms with Crippen molar-refractivity contribution in [2.24, 2.45) is 5.92 Å². The number of benzene rings is 1. The van der Waals surface area contributed by atoms with E-state index in [1.54, 1.807) is 0 Å². The Morgan fingerprint density at radius 3 is 2.94 bits per heavy atom. The summed E-state index contributed by atoms with van der Waals surface area (Å²) in [4.78, 5) is 0. The fourth-order valence-electron chi connectivity index (χ4n) is 1.83. The number of ether oxygens (including phenoxy) is 2. The van der Waals surface area contributed by atoms with E-state index in [0.717, 1.165) is 12.0 Å². The third kappa shape index (κ3) is 2.82. The molecule has 0 bridgehead atoms.